The summed E-state index contributed by atoms with van der Waals surface area (Å²) in [6.45, 7) is 8.86. The summed E-state index contributed by atoms with van der Waals surface area (Å²) in [7, 11) is 0. The van der Waals surface area contributed by atoms with Crippen LogP contribution in [0, 0.1) is 18.8 Å². The third kappa shape index (κ3) is 4.22. The van der Waals surface area contributed by atoms with E-state index in [9.17, 15) is 0 Å². The summed E-state index contributed by atoms with van der Waals surface area (Å²) in [4.78, 5) is 0. The molecule has 2 rings (SSSR count). The maximum atomic E-state index is 2.30. The average Bonchev–Trinajstić information content (AvgIpc) is 2.64. The second kappa shape index (κ2) is 6.52. The fraction of sp³-hybridized carbons (Fsp3) is 0.500. The van der Waals surface area contributed by atoms with Gasteiger partial charge in [0.15, 0.2) is 0 Å². The molecule has 0 saturated heterocycles. The number of rotatable bonds is 1. The van der Waals surface area contributed by atoms with Gasteiger partial charge in [0.1, 0.15) is 0 Å². The van der Waals surface area contributed by atoms with Crippen LogP contribution in [0.25, 0.3) is 0 Å². The molecule has 1 aromatic carbocycles. The van der Waals surface area contributed by atoms with Gasteiger partial charge in [-0.2, -0.15) is 0 Å². The SMILES string of the molecule is CC1C=CC(C)C1.CCc1ccccc1C. The van der Waals surface area contributed by atoms with Crippen LogP contribution in [0.4, 0.5) is 0 Å². The van der Waals surface area contributed by atoms with Crippen LogP contribution in [0.5, 0.6) is 0 Å². The Balaban J connectivity index is 0.000000165. The van der Waals surface area contributed by atoms with Gasteiger partial charge in [-0.05, 0) is 42.7 Å². The summed E-state index contributed by atoms with van der Waals surface area (Å²) in [6, 6.07) is 8.49. The molecule has 0 amide bonds. The Labute approximate surface area is 100 Å². The van der Waals surface area contributed by atoms with Crippen LogP contribution in [0.2, 0.25) is 0 Å². The lowest BCUT2D eigenvalue weighted by Gasteiger charge is -1.98. The molecular weight excluding hydrogens is 192 g/mol. The van der Waals surface area contributed by atoms with Gasteiger partial charge in [-0.3, -0.25) is 0 Å². The molecule has 1 aromatic rings. The average molecular weight is 216 g/mol. The molecule has 0 nitrogen and oxygen atoms in total. The van der Waals surface area contributed by atoms with Crippen molar-refractivity contribution in [3.8, 4) is 0 Å². The Bertz CT molecular complexity index is 326. The van der Waals surface area contributed by atoms with Crippen LogP contribution < -0.4 is 0 Å². The van der Waals surface area contributed by atoms with E-state index in [0.29, 0.717) is 0 Å². The molecule has 0 N–H and O–H groups in total. The zero-order chi connectivity index (χ0) is 12.0. The van der Waals surface area contributed by atoms with E-state index in [1.807, 2.05) is 0 Å². The highest BCUT2D eigenvalue weighted by Crippen LogP contribution is 2.21. The first kappa shape index (κ1) is 13.0. The molecule has 0 heterocycles. The van der Waals surface area contributed by atoms with E-state index >= 15 is 0 Å². The van der Waals surface area contributed by atoms with Gasteiger partial charge in [-0.1, -0.05) is 57.2 Å². The van der Waals surface area contributed by atoms with Crippen LogP contribution in [-0.4, -0.2) is 0 Å². The number of benzene rings is 1. The van der Waals surface area contributed by atoms with Crippen molar-refractivity contribution < 1.29 is 0 Å². The lowest BCUT2D eigenvalue weighted by Crippen LogP contribution is -1.86. The Kier molecular flexibility index (Phi) is 5.31. The van der Waals surface area contributed by atoms with Crippen molar-refractivity contribution in [1.29, 1.82) is 0 Å². The molecule has 0 heteroatoms. The Morgan fingerprint density at radius 3 is 1.94 bits per heavy atom. The number of aryl methyl sites for hydroxylation is 2. The van der Waals surface area contributed by atoms with E-state index in [4.69, 9.17) is 0 Å². The van der Waals surface area contributed by atoms with Crippen LogP contribution in [0.1, 0.15) is 38.3 Å². The molecule has 0 radical (unpaired) electrons. The first-order valence-electron chi connectivity index (χ1n) is 6.36. The molecular formula is C16H24. The van der Waals surface area contributed by atoms with E-state index in [1.54, 1.807) is 0 Å². The van der Waals surface area contributed by atoms with Crippen LogP contribution >= 0.6 is 0 Å². The van der Waals surface area contributed by atoms with Gasteiger partial charge >= 0.3 is 0 Å². The first-order valence-corrected chi connectivity index (χ1v) is 6.36. The number of allylic oxidation sites excluding steroid dienone is 2. The predicted octanol–water partition coefficient (Wildman–Crippen LogP) is 4.78. The molecule has 0 aromatic heterocycles. The van der Waals surface area contributed by atoms with Crippen molar-refractivity contribution in [3.63, 3.8) is 0 Å². The molecule has 1 aliphatic carbocycles. The Morgan fingerprint density at radius 1 is 1.06 bits per heavy atom. The van der Waals surface area contributed by atoms with Crippen molar-refractivity contribution in [3.05, 3.63) is 47.5 Å². The third-order valence-corrected chi connectivity index (χ3v) is 3.15. The highest BCUT2D eigenvalue weighted by molar-refractivity contribution is 5.24. The molecule has 88 valence electrons. The predicted molar refractivity (Wildman–Crippen MR) is 72.6 cm³/mol. The number of hydrogen-bond donors (Lipinski definition) is 0. The van der Waals surface area contributed by atoms with Crippen molar-refractivity contribution in [2.24, 2.45) is 11.8 Å². The zero-order valence-corrected chi connectivity index (χ0v) is 11.0. The van der Waals surface area contributed by atoms with Crippen molar-refractivity contribution >= 4 is 0 Å². The quantitative estimate of drug-likeness (QED) is 0.593. The smallest absolute Gasteiger partial charge is 0.0256 e. The lowest BCUT2D eigenvalue weighted by molar-refractivity contribution is 0.591. The minimum atomic E-state index is 0.843. The standard InChI is InChI=1S/C9H12.C7H12/c1-3-9-7-5-4-6-8(9)2;1-6-3-4-7(2)5-6/h4-7H,3H2,1-2H3;3-4,6-7H,5H2,1-2H3. The van der Waals surface area contributed by atoms with E-state index in [2.05, 4.69) is 64.1 Å². The second-order valence-corrected chi connectivity index (χ2v) is 4.86. The largest absolute Gasteiger partial charge is 0.0854 e. The molecule has 0 spiro atoms. The van der Waals surface area contributed by atoms with Gasteiger partial charge in [0.2, 0.25) is 0 Å². The minimum absolute atomic E-state index is 0.843. The second-order valence-electron chi connectivity index (χ2n) is 4.86. The Morgan fingerprint density at radius 2 is 1.62 bits per heavy atom. The molecule has 2 atom stereocenters. The number of hydrogen-bond acceptors (Lipinski definition) is 0. The van der Waals surface area contributed by atoms with Gasteiger partial charge in [0, 0.05) is 0 Å². The van der Waals surface area contributed by atoms with E-state index in [0.717, 1.165) is 18.3 Å². The zero-order valence-electron chi connectivity index (χ0n) is 11.0. The van der Waals surface area contributed by atoms with E-state index in [1.165, 1.54) is 17.5 Å². The maximum Gasteiger partial charge on any atom is -0.0256 e. The van der Waals surface area contributed by atoms with Gasteiger partial charge in [-0.25, -0.2) is 0 Å². The van der Waals surface area contributed by atoms with E-state index < -0.39 is 0 Å². The fourth-order valence-electron chi connectivity index (χ4n) is 2.13. The van der Waals surface area contributed by atoms with Crippen LogP contribution in [0.3, 0.4) is 0 Å². The summed E-state index contributed by atoms with van der Waals surface area (Å²) in [5.74, 6) is 1.69. The van der Waals surface area contributed by atoms with Gasteiger partial charge in [0.25, 0.3) is 0 Å². The summed E-state index contributed by atoms with van der Waals surface area (Å²) in [6.07, 6.45) is 7.10. The lowest BCUT2D eigenvalue weighted by atomic mass is 10.1. The molecule has 2 unspecified atom stereocenters. The normalized spacial score (nSPS) is 22.8. The summed E-state index contributed by atoms with van der Waals surface area (Å²) >= 11 is 0. The first-order chi connectivity index (χ1) is 7.63. The van der Waals surface area contributed by atoms with Gasteiger partial charge in [0.05, 0.1) is 0 Å². The van der Waals surface area contributed by atoms with Crippen LogP contribution in [-0.2, 0) is 6.42 Å². The molecule has 16 heavy (non-hydrogen) atoms. The van der Waals surface area contributed by atoms with E-state index in [-0.39, 0.29) is 0 Å². The monoisotopic (exact) mass is 216 g/mol. The minimum Gasteiger partial charge on any atom is -0.0854 e. The van der Waals surface area contributed by atoms with Gasteiger partial charge in [-0.15, -0.1) is 0 Å². The topological polar surface area (TPSA) is 0 Å². The van der Waals surface area contributed by atoms with Gasteiger partial charge < -0.3 is 0 Å². The molecule has 0 fully saturated rings. The molecule has 1 aliphatic rings. The van der Waals surface area contributed by atoms with Crippen molar-refractivity contribution in [1.82, 2.24) is 0 Å². The van der Waals surface area contributed by atoms with Crippen LogP contribution in [0.15, 0.2) is 36.4 Å². The van der Waals surface area contributed by atoms with Crippen molar-refractivity contribution in [2.75, 3.05) is 0 Å². The molecule has 0 bridgehead atoms. The third-order valence-electron chi connectivity index (χ3n) is 3.15. The highest BCUT2D eigenvalue weighted by Gasteiger charge is 2.08. The highest BCUT2D eigenvalue weighted by atomic mass is 14.1. The van der Waals surface area contributed by atoms with Crippen molar-refractivity contribution in [2.45, 2.75) is 40.5 Å². The summed E-state index contributed by atoms with van der Waals surface area (Å²) in [5, 5.41) is 0. The summed E-state index contributed by atoms with van der Waals surface area (Å²) < 4.78 is 0. The molecule has 0 aliphatic heterocycles. The molecule has 0 saturated carbocycles. The maximum absolute atomic E-state index is 2.30. The summed E-state index contributed by atoms with van der Waals surface area (Å²) in [5.41, 5.74) is 2.86. The Hall–Kier alpha value is -1.04. The fourth-order valence-corrected chi connectivity index (χ4v) is 2.13.